The van der Waals surface area contributed by atoms with Crippen LogP contribution in [0.1, 0.15) is 23.1 Å². The summed E-state index contributed by atoms with van der Waals surface area (Å²) in [6.07, 6.45) is 0.599. The van der Waals surface area contributed by atoms with Crippen LogP contribution < -0.4 is 0 Å². The van der Waals surface area contributed by atoms with Crippen molar-refractivity contribution >= 4 is 0 Å². The van der Waals surface area contributed by atoms with Crippen molar-refractivity contribution in [2.45, 2.75) is 26.8 Å². The summed E-state index contributed by atoms with van der Waals surface area (Å²) in [4.78, 5) is 2.18. The zero-order valence-corrected chi connectivity index (χ0v) is 9.75. The molecule has 0 fully saturated rings. The maximum absolute atomic E-state index is 8.49. The predicted octanol–water partition coefficient (Wildman–Crippen LogP) is 2.65. The first-order chi connectivity index (χ1) is 7.11. The Bertz CT molecular complexity index is 343. The summed E-state index contributed by atoms with van der Waals surface area (Å²) in [7, 11) is 2.05. The topological polar surface area (TPSA) is 27.0 Å². The van der Waals surface area contributed by atoms with Crippen LogP contribution in [-0.4, -0.2) is 18.5 Å². The molecule has 80 valence electrons. The lowest BCUT2D eigenvalue weighted by Crippen LogP contribution is -2.18. The number of nitrogens with zero attached hydrogens (tertiary/aromatic N) is 2. The average Bonchev–Trinajstić information content (AvgIpc) is 2.13. The normalized spacial score (nSPS) is 10.3. The average molecular weight is 202 g/mol. The molecule has 0 spiro atoms. The fraction of sp³-hybridized carbons (Fsp3) is 0.462. The van der Waals surface area contributed by atoms with Gasteiger partial charge in [0.2, 0.25) is 0 Å². The van der Waals surface area contributed by atoms with Crippen LogP contribution in [-0.2, 0) is 6.54 Å². The fourth-order valence-electron chi connectivity index (χ4n) is 1.79. The third-order valence-electron chi connectivity index (χ3n) is 2.34. The van der Waals surface area contributed by atoms with Gasteiger partial charge in [-0.3, -0.25) is 0 Å². The van der Waals surface area contributed by atoms with E-state index in [4.69, 9.17) is 5.26 Å². The van der Waals surface area contributed by atoms with Gasteiger partial charge in [-0.25, -0.2) is 0 Å². The maximum Gasteiger partial charge on any atom is 0.0635 e. The Hall–Kier alpha value is -1.33. The first-order valence-corrected chi connectivity index (χ1v) is 5.24. The second-order valence-corrected chi connectivity index (χ2v) is 4.14. The van der Waals surface area contributed by atoms with Crippen molar-refractivity contribution in [1.82, 2.24) is 4.90 Å². The lowest BCUT2D eigenvalue weighted by molar-refractivity contribution is 0.335. The second-order valence-electron chi connectivity index (χ2n) is 4.14. The molecule has 0 atom stereocenters. The molecule has 0 saturated carbocycles. The molecule has 0 unspecified atom stereocenters. The molecular formula is C13H18N2. The highest BCUT2D eigenvalue weighted by Crippen LogP contribution is 2.10. The van der Waals surface area contributed by atoms with Gasteiger partial charge in [-0.15, -0.1) is 0 Å². The summed E-state index contributed by atoms with van der Waals surface area (Å²) < 4.78 is 0. The monoisotopic (exact) mass is 202 g/mol. The third-order valence-corrected chi connectivity index (χ3v) is 2.34. The number of hydrogen-bond acceptors (Lipinski definition) is 2. The Morgan fingerprint density at radius 3 is 2.33 bits per heavy atom. The van der Waals surface area contributed by atoms with E-state index in [0.717, 1.165) is 13.1 Å². The summed E-state index contributed by atoms with van der Waals surface area (Å²) in [5.41, 5.74) is 3.94. The molecule has 0 N–H and O–H groups in total. The van der Waals surface area contributed by atoms with Gasteiger partial charge < -0.3 is 4.90 Å². The van der Waals surface area contributed by atoms with Crippen LogP contribution in [0.3, 0.4) is 0 Å². The van der Waals surface area contributed by atoms with E-state index in [2.05, 4.69) is 50.1 Å². The van der Waals surface area contributed by atoms with E-state index in [1.54, 1.807) is 0 Å². The number of aryl methyl sites for hydroxylation is 2. The van der Waals surface area contributed by atoms with Crippen LogP contribution >= 0.6 is 0 Å². The Morgan fingerprint density at radius 2 is 1.80 bits per heavy atom. The van der Waals surface area contributed by atoms with Crippen molar-refractivity contribution in [2.75, 3.05) is 13.6 Å². The standard InChI is InChI=1S/C13H18N2/c1-11-7-12(2)9-13(8-11)10-15(3)6-4-5-14/h7-9H,4,6,10H2,1-3H3. The fourth-order valence-corrected chi connectivity index (χ4v) is 1.79. The molecule has 0 aliphatic heterocycles. The van der Waals surface area contributed by atoms with Crippen molar-refractivity contribution in [2.24, 2.45) is 0 Å². The zero-order valence-electron chi connectivity index (χ0n) is 9.75. The molecule has 1 aromatic rings. The molecule has 1 rings (SSSR count). The Balaban J connectivity index is 2.60. The molecule has 0 saturated heterocycles. The van der Waals surface area contributed by atoms with Gasteiger partial charge in [0.25, 0.3) is 0 Å². The molecule has 0 heterocycles. The van der Waals surface area contributed by atoms with E-state index in [9.17, 15) is 0 Å². The summed E-state index contributed by atoms with van der Waals surface area (Å²) >= 11 is 0. The summed E-state index contributed by atoms with van der Waals surface area (Å²) in [5.74, 6) is 0. The molecular weight excluding hydrogens is 184 g/mol. The van der Waals surface area contributed by atoms with Gasteiger partial charge in [0, 0.05) is 19.5 Å². The van der Waals surface area contributed by atoms with Crippen molar-refractivity contribution in [1.29, 1.82) is 5.26 Å². The number of benzene rings is 1. The molecule has 2 heteroatoms. The minimum atomic E-state index is 0.599. The first-order valence-electron chi connectivity index (χ1n) is 5.24. The van der Waals surface area contributed by atoms with Crippen LogP contribution in [0.15, 0.2) is 18.2 Å². The van der Waals surface area contributed by atoms with Crippen molar-refractivity contribution in [3.05, 3.63) is 34.9 Å². The van der Waals surface area contributed by atoms with E-state index in [-0.39, 0.29) is 0 Å². The molecule has 0 aromatic heterocycles. The smallest absolute Gasteiger partial charge is 0.0635 e. The highest BCUT2D eigenvalue weighted by atomic mass is 15.1. The predicted molar refractivity (Wildman–Crippen MR) is 62.5 cm³/mol. The van der Waals surface area contributed by atoms with Crippen LogP contribution in [0.4, 0.5) is 0 Å². The van der Waals surface area contributed by atoms with E-state index in [0.29, 0.717) is 6.42 Å². The van der Waals surface area contributed by atoms with Crippen LogP contribution in [0, 0.1) is 25.2 Å². The number of rotatable bonds is 4. The Labute approximate surface area is 92.1 Å². The molecule has 15 heavy (non-hydrogen) atoms. The van der Waals surface area contributed by atoms with Gasteiger partial charge in [0.1, 0.15) is 0 Å². The largest absolute Gasteiger partial charge is 0.301 e. The lowest BCUT2D eigenvalue weighted by Gasteiger charge is -2.15. The van der Waals surface area contributed by atoms with Crippen molar-refractivity contribution in [3.8, 4) is 6.07 Å². The van der Waals surface area contributed by atoms with Gasteiger partial charge in [-0.2, -0.15) is 5.26 Å². The minimum Gasteiger partial charge on any atom is -0.301 e. The molecule has 0 radical (unpaired) electrons. The lowest BCUT2D eigenvalue weighted by atomic mass is 10.1. The quantitative estimate of drug-likeness (QED) is 0.750. The maximum atomic E-state index is 8.49. The van der Waals surface area contributed by atoms with Crippen molar-refractivity contribution < 1.29 is 0 Å². The second kappa shape index (κ2) is 5.53. The van der Waals surface area contributed by atoms with Gasteiger partial charge in [0.15, 0.2) is 0 Å². The van der Waals surface area contributed by atoms with Gasteiger partial charge in [0.05, 0.1) is 6.07 Å². The third kappa shape index (κ3) is 4.14. The Kier molecular flexibility index (Phi) is 4.33. The first kappa shape index (κ1) is 11.7. The van der Waals surface area contributed by atoms with Crippen molar-refractivity contribution in [3.63, 3.8) is 0 Å². The number of hydrogen-bond donors (Lipinski definition) is 0. The number of nitriles is 1. The SMILES string of the molecule is Cc1cc(C)cc(CN(C)CCC#N)c1. The molecule has 0 aliphatic rings. The molecule has 0 aliphatic carbocycles. The van der Waals surface area contributed by atoms with Gasteiger partial charge >= 0.3 is 0 Å². The van der Waals surface area contributed by atoms with Gasteiger partial charge in [-0.05, 0) is 26.5 Å². The van der Waals surface area contributed by atoms with Crippen LogP contribution in [0.2, 0.25) is 0 Å². The summed E-state index contributed by atoms with van der Waals surface area (Å²) in [6.45, 7) is 5.99. The molecule has 2 nitrogen and oxygen atoms in total. The highest BCUT2D eigenvalue weighted by molar-refractivity contribution is 5.28. The molecule has 0 bridgehead atoms. The van der Waals surface area contributed by atoms with Crippen LogP contribution in [0.5, 0.6) is 0 Å². The van der Waals surface area contributed by atoms with E-state index in [1.807, 2.05) is 0 Å². The summed E-state index contributed by atoms with van der Waals surface area (Å²) in [5, 5.41) is 8.49. The molecule has 0 amide bonds. The van der Waals surface area contributed by atoms with Gasteiger partial charge in [-0.1, -0.05) is 29.3 Å². The zero-order chi connectivity index (χ0) is 11.3. The van der Waals surface area contributed by atoms with E-state index >= 15 is 0 Å². The minimum absolute atomic E-state index is 0.599. The van der Waals surface area contributed by atoms with E-state index < -0.39 is 0 Å². The van der Waals surface area contributed by atoms with Crippen LogP contribution in [0.25, 0.3) is 0 Å². The highest BCUT2D eigenvalue weighted by Gasteiger charge is 2.01. The molecule has 1 aromatic carbocycles. The van der Waals surface area contributed by atoms with E-state index in [1.165, 1.54) is 16.7 Å². The Morgan fingerprint density at radius 1 is 1.20 bits per heavy atom. The summed E-state index contributed by atoms with van der Waals surface area (Å²) in [6, 6.07) is 8.75.